The summed E-state index contributed by atoms with van der Waals surface area (Å²) in [4.78, 5) is 48.5. The first kappa shape index (κ1) is 22.6. The molecular formula is C22H19N3O9. The standard InChI is InChI=1S/C22H19N3O9/c1-2-31-21(27)18-14(23-22(28)24-19(18)12-6-4-3-5-7-12)10-32-20(26)13-8-16-17(34-11-33-16)9-15(13)25(29)30/h3-9,19H,2,10-11H2,1H3,(H2,23,24,28). The summed E-state index contributed by atoms with van der Waals surface area (Å²) < 4.78 is 20.7. The molecule has 12 heteroatoms. The van der Waals surface area contributed by atoms with Crippen molar-refractivity contribution >= 4 is 23.7 Å². The highest BCUT2D eigenvalue weighted by Gasteiger charge is 2.35. The number of nitrogens with one attached hydrogen (secondary N) is 2. The van der Waals surface area contributed by atoms with E-state index in [1.54, 1.807) is 37.3 Å². The van der Waals surface area contributed by atoms with Crippen LogP contribution in [0.2, 0.25) is 0 Å². The van der Waals surface area contributed by atoms with Crippen LogP contribution in [0.5, 0.6) is 11.5 Å². The highest BCUT2D eigenvalue weighted by molar-refractivity contribution is 5.97. The minimum absolute atomic E-state index is 0.00667. The van der Waals surface area contributed by atoms with Gasteiger partial charge in [-0.25, -0.2) is 14.4 Å². The second-order valence-corrected chi connectivity index (χ2v) is 7.11. The van der Waals surface area contributed by atoms with Gasteiger partial charge in [-0.15, -0.1) is 0 Å². The van der Waals surface area contributed by atoms with Gasteiger partial charge in [-0.1, -0.05) is 30.3 Å². The summed E-state index contributed by atoms with van der Waals surface area (Å²) in [5.74, 6) is -1.48. The van der Waals surface area contributed by atoms with Gasteiger partial charge in [0.05, 0.1) is 34.9 Å². The van der Waals surface area contributed by atoms with E-state index in [-0.39, 0.29) is 41.7 Å². The predicted molar refractivity (Wildman–Crippen MR) is 114 cm³/mol. The molecule has 2 aliphatic rings. The molecule has 0 bridgehead atoms. The molecule has 2 heterocycles. The lowest BCUT2D eigenvalue weighted by Crippen LogP contribution is -2.47. The number of fused-ring (bicyclic) bond motifs is 1. The molecule has 0 saturated carbocycles. The van der Waals surface area contributed by atoms with Crippen molar-refractivity contribution in [2.75, 3.05) is 20.0 Å². The Balaban J connectivity index is 1.65. The molecule has 0 fully saturated rings. The Kier molecular flexibility index (Phi) is 6.30. The summed E-state index contributed by atoms with van der Waals surface area (Å²) in [6, 6.07) is 9.43. The lowest BCUT2D eigenvalue weighted by Gasteiger charge is -2.29. The molecule has 2 aliphatic heterocycles. The summed E-state index contributed by atoms with van der Waals surface area (Å²) in [6.07, 6.45) is 0. The number of nitrogens with zero attached hydrogens (tertiary/aromatic N) is 1. The Morgan fingerprint density at radius 3 is 2.50 bits per heavy atom. The second-order valence-electron chi connectivity index (χ2n) is 7.11. The van der Waals surface area contributed by atoms with Gasteiger partial charge in [0, 0.05) is 6.07 Å². The van der Waals surface area contributed by atoms with Crippen molar-refractivity contribution in [1.82, 2.24) is 10.6 Å². The Bertz CT molecular complexity index is 1190. The van der Waals surface area contributed by atoms with Crippen molar-refractivity contribution in [1.29, 1.82) is 0 Å². The number of urea groups is 1. The number of rotatable bonds is 7. The number of carbonyl (C=O) groups excluding carboxylic acids is 3. The number of ether oxygens (including phenoxy) is 4. The van der Waals surface area contributed by atoms with E-state index in [0.717, 1.165) is 12.1 Å². The van der Waals surface area contributed by atoms with Gasteiger partial charge in [0.1, 0.15) is 12.2 Å². The van der Waals surface area contributed by atoms with E-state index in [4.69, 9.17) is 18.9 Å². The average molecular weight is 469 g/mol. The van der Waals surface area contributed by atoms with Crippen molar-refractivity contribution in [2.45, 2.75) is 13.0 Å². The topological polar surface area (TPSA) is 155 Å². The summed E-state index contributed by atoms with van der Waals surface area (Å²) >= 11 is 0. The van der Waals surface area contributed by atoms with Crippen LogP contribution in [-0.4, -0.2) is 42.9 Å². The maximum atomic E-state index is 12.8. The highest BCUT2D eigenvalue weighted by Crippen LogP contribution is 2.38. The van der Waals surface area contributed by atoms with Crippen LogP contribution >= 0.6 is 0 Å². The number of benzene rings is 2. The average Bonchev–Trinajstić information content (AvgIpc) is 3.29. The van der Waals surface area contributed by atoms with Crippen LogP contribution in [0.1, 0.15) is 28.9 Å². The van der Waals surface area contributed by atoms with E-state index in [1.165, 1.54) is 0 Å². The molecule has 34 heavy (non-hydrogen) atoms. The third-order valence-corrected chi connectivity index (χ3v) is 5.04. The molecule has 2 N–H and O–H groups in total. The van der Waals surface area contributed by atoms with E-state index < -0.39 is 41.2 Å². The second kappa shape index (κ2) is 9.48. The molecule has 0 aliphatic carbocycles. The predicted octanol–water partition coefficient (Wildman–Crippen LogP) is 2.35. The monoisotopic (exact) mass is 469 g/mol. The lowest BCUT2D eigenvalue weighted by molar-refractivity contribution is -0.385. The third kappa shape index (κ3) is 4.46. The molecule has 1 atom stereocenters. The molecule has 0 spiro atoms. The third-order valence-electron chi connectivity index (χ3n) is 5.04. The Morgan fingerprint density at radius 1 is 1.12 bits per heavy atom. The summed E-state index contributed by atoms with van der Waals surface area (Å²) in [5.41, 5.74) is -0.262. The van der Waals surface area contributed by atoms with E-state index in [1.807, 2.05) is 0 Å². The zero-order chi connectivity index (χ0) is 24.2. The quantitative estimate of drug-likeness (QED) is 0.353. The van der Waals surface area contributed by atoms with Crippen molar-refractivity contribution < 1.29 is 38.3 Å². The van der Waals surface area contributed by atoms with Crippen molar-refractivity contribution in [3.8, 4) is 11.5 Å². The van der Waals surface area contributed by atoms with Gasteiger partial charge >= 0.3 is 18.0 Å². The Labute approximate surface area is 192 Å². The number of amides is 2. The van der Waals surface area contributed by atoms with Crippen LogP contribution in [0, 0.1) is 10.1 Å². The molecule has 12 nitrogen and oxygen atoms in total. The van der Waals surface area contributed by atoms with Crippen LogP contribution in [0.3, 0.4) is 0 Å². The van der Waals surface area contributed by atoms with Gasteiger partial charge in [-0.2, -0.15) is 0 Å². The minimum Gasteiger partial charge on any atom is -0.463 e. The molecule has 4 rings (SSSR count). The normalized spacial score (nSPS) is 16.4. The molecule has 0 aromatic heterocycles. The minimum atomic E-state index is -1.05. The summed E-state index contributed by atoms with van der Waals surface area (Å²) in [5, 5.41) is 16.6. The summed E-state index contributed by atoms with van der Waals surface area (Å²) in [7, 11) is 0. The molecule has 176 valence electrons. The van der Waals surface area contributed by atoms with Gasteiger partial charge in [-0.3, -0.25) is 10.1 Å². The fraction of sp³-hybridized carbons (Fsp3) is 0.227. The number of esters is 2. The van der Waals surface area contributed by atoms with E-state index in [0.29, 0.717) is 5.56 Å². The van der Waals surface area contributed by atoms with Crippen LogP contribution in [0.15, 0.2) is 53.7 Å². The number of hydrogen-bond acceptors (Lipinski definition) is 9. The molecule has 0 saturated heterocycles. The zero-order valence-electron chi connectivity index (χ0n) is 17.9. The van der Waals surface area contributed by atoms with E-state index in [9.17, 15) is 24.5 Å². The number of nitro benzene ring substituents is 1. The van der Waals surface area contributed by atoms with E-state index in [2.05, 4.69) is 10.6 Å². The summed E-state index contributed by atoms with van der Waals surface area (Å²) in [6.45, 7) is 1.02. The zero-order valence-corrected chi connectivity index (χ0v) is 17.9. The Morgan fingerprint density at radius 2 is 1.82 bits per heavy atom. The number of hydrogen-bond donors (Lipinski definition) is 2. The van der Waals surface area contributed by atoms with Crippen LogP contribution in [-0.2, 0) is 14.3 Å². The fourth-order valence-electron chi connectivity index (χ4n) is 3.54. The van der Waals surface area contributed by atoms with Gasteiger partial charge < -0.3 is 29.6 Å². The largest absolute Gasteiger partial charge is 0.463 e. The molecular weight excluding hydrogens is 450 g/mol. The van der Waals surface area contributed by atoms with Gasteiger partial charge in [0.2, 0.25) is 6.79 Å². The molecule has 2 aromatic rings. The molecule has 2 aromatic carbocycles. The smallest absolute Gasteiger partial charge is 0.345 e. The van der Waals surface area contributed by atoms with Crippen LogP contribution in [0.4, 0.5) is 10.5 Å². The van der Waals surface area contributed by atoms with Crippen LogP contribution in [0.25, 0.3) is 0 Å². The van der Waals surface area contributed by atoms with Crippen LogP contribution < -0.4 is 20.1 Å². The fourth-order valence-corrected chi connectivity index (χ4v) is 3.54. The van der Waals surface area contributed by atoms with E-state index >= 15 is 0 Å². The van der Waals surface area contributed by atoms with Crippen molar-refractivity contribution in [2.24, 2.45) is 0 Å². The van der Waals surface area contributed by atoms with Crippen molar-refractivity contribution in [3.63, 3.8) is 0 Å². The maximum Gasteiger partial charge on any atom is 0.345 e. The molecule has 1 unspecified atom stereocenters. The Hall–Kier alpha value is -4.61. The molecule has 0 radical (unpaired) electrons. The van der Waals surface area contributed by atoms with Crippen molar-refractivity contribution in [3.05, 3.63) is 75.0 Å². The number of carbonyl (C=O) groups is 3. The maximum absolute atomic E-state index is 12.8. The van der Waals surface area contributed by atoms with Gasteiger partial charge in [0.15, 0.2) is 11.5 Å². The SMILES string of the molecule is CCOC(=O)C1=C(COC(=O)c2cc3c(cc2[N+](=O)[O-])OCO3)NC(=O)NC1c1ccccc1. The van der Waals surface area contributed by atoms with Gasteiger partial charge in [-0.05, 0) is 12.5 Å². The number of nitro groups is 1. The van der Waals surface area contributed by atoms with Gasteiger partial charge in [0.25, 0.3) is 5.69 Å². The lowest BCUT2D eigenvalue weighted by atomic mass is 9.95. The first-order valence-corrected chi connectivity index (χ1v) is 10.2. The first-order chi connectivity index (χ1) is 16.4. The molecule has 2 amide bonds. The highest BCUT2D eigenvalue weighted by atomic mass is 16.7. The first-order valence-electron chi connectivity index (χ1n) is 10.2.